The molecule has 80 valence electrons. The third-order valence-electron chi connectivity index (χ3n) is 2.73. The second kappa shape index (κ2) is 3.83. The molecule has 3 nitrogen and oxygen atoms in total. The molecule has 0 spiro atoms. The molecule has 1 fully saturated rings. The molecule has 1 aromatic rings. The first kappa shape index (κ1) is 9.19. The van der Waals surface area contributed by atoms with Gasteiger partial charge in [0.25, 0.3) is 0 Å². The molecule has 1 aromatic carbocycles. The molecular weight excluding hydrogens is 192 g/mol. The Balaban J connectivity index is 1.59. The Kier molecular flexibility index (Phi) is 2.35. The fourth-order valence-corrected chi connectivity index (χ4v) is 1.80. The van der Waals surface area contributed by atoms with Gasteiger partial charge in [0.15, 0.2) is 0 Å². The molecule has 2 aliphatic heterocycles. The summed E-state index contributed by atoms with van der Waals surface area (Å²) in [4.78, 5) is 0. The minimum atomic E-state index is 0.350. The molecular formula is C12H14O3. The predicted octanol–water partition coefficient (Wildman–Crippen LogP) is 1.54. The molecule has 0 bridgehead atoms. The van der Waals surface area contributed by atoms with Crippen molar-refractivity contribution in [2.24, 2.45) is 0 Å². The van der Waals surface area contributed by atoms with Crippen molar-refractivity contribution in [3.05, 3.63) is 29.3 Å². The van der Waals surface area contributed by atoms with Gasteiger partial charge in [0.1, 0.15) is 11.9 Å². The standard InChI is InChI=1S/C12H14O3/c1-2-12-10(3-4-14-12)5-9(1)6-13-7-11-8-15-11/h1-2,5,11H,3-4,6-8H2/t11-/m1/s1. The zero-order valence-corrected chi connectivity index (χ0v) is 8.57. The highest BCUT2D eigenvalue weighted by Gasteiger charge is 2.22. The van der Waals surface area contributed by atoms with Crippen LogP contribution in [0, 0.1) is 0 Å². The van der Waals surface area contributed by atoms with Crippen LogP contribution in [0.4, 0.5) is 0 Å². The van der Waals surface area contributed by atoms with E-state index in [1.807, 2.05) is 6.07 Å². The van der Waals surface area contributed by atoms with E-state index in [0.29, 0.717) is 19.3 Å². The zero-order valence-electron chi connectivity index (χ0n) is 8.57. The molecule has 0 aromatic heterocycles. The summed E-state index contributed by atoms with van der Waals surface area (Å²) < 4.78 is 16.1. The molecule has 3 rings (SSSR count). The minimum Gasteiger partial charge on any atom is -0.493 e. The highest BCUT2D eigenvalue weighted by atomic mass is 16.6. The minimum absolute atomic E-state index is 0.350. The molecule has 0 aliphatic carbocycles. The van der Waals surface area contributed by atoms with Crippen molar-refractivity contribution in [3.8, 4) is 5.75 Å². The Labute approximate surface area is 89.0 Å². The largest absolute Gasteiger partial charge is 0.493 e. The maximum atomic E-state index is 5.54. The van der Waals surface area contributed by atoms with E-state index in [4.69, 9.17) is 14.2 Å². The Morgan fingerprint density at radius 2 is 2.33 bits per heavy atom. The van der Waals surface area contributed by atoms with E-state index in [1.54, 1.807) is 0 Å². The first-order chi connectivity index (χ1) is 7.42. The van der Waals surface area contributed by atoms with Gasteiger partial charge in [0, 0.05) is 6.42 Å². The van der Waals surface area contributed by atoms with Gasteiger partial charge in [-0.15, -0.1) is 0 Å². The van der Waals surface area contributed by atoms with Crippen LogP contribution < -0.4 is 4.74 Å². The topological polar surface area (TPSA) is 31.0 Å². The van der Waals surface area contributed by atoms with Crippen LogP contribution in [0.15, 0.2) is 18.2 Å². The third-order valence-corrected chi connectivity index (χ3v) is 2.73. The predicted molar refractivity (Wildman–Crippen MR) is 55.0 cm³/mol. The van der Waals surface area contributed by atoms with Crippen LogP contribution in [-0.2, 0) is 22.5 Å². The number of benzene rings is 1. The smallest absolute Gasteiger partial charge is 0.122 e. The highest BCUT2D eigenvalue weighted by molar-refractivity contribution is 5.39. The normalized spacial score (nSPS) is 22.3. The van der Waals surface area contributed by atoms with Gasteiger partial charge < -0.3 is 14.2 Å². The average Bonchev–Trinajstić information content (AvgIpc) is 2.95. The van der Waals surface area contributed by atoms with Crippen molar-refractivity contribution < 1.29 is 14.2 Å². The Hall–Kier alpha value is -1.06. The van der Waals surface area contributed by atoms with Gasteiger partial charge in [0.05, 0.1) is 26.4 Å². The van der Waals surface area contributed by atoms with Crippen molar-refractivity contribution in [2.75, 3.05) is 19.8 Å². The molecule has 0 saturated carbocycles. The van der Waals surface area contributed by atoms with Crippen LogP contribution in [0.5, 0.6) is 5.75 Å². The number of hydrogen-bond donors (Lipinski definition) is 0. The molecule has 1 atom stereocenters. The second-order valence-corrected chi connectivity index (χ2v) is 4.01. The maximum absolute atomic E-state index is 5.54. The number of fused-ring (bicyclic) bond motifs is 1. The van der Waals surface area contributed by atoms with Crippen LogP contribution >= 0.6 is 0 Å². The summed E-state index contributed by atoms with van der Waals surface area (Å²) in [6.45, 7) is 3.06. The molecule has 1 saturated heterocycles. The van der Waals surface area contributed by atoms with Crippen LogP contribution in [0.1, 0.15) is 11.1 Å². The van der Waals surface area contributed by atoms with E-state index in [-0.39, 0.29) is 0 Å². The summed E-state index contributed by atoms with van der Waals surface area (Å²) in [6.07, 6.45) is 1.37. The Morgan fingerprint density at radius 3 is 3.20 bits per heavy atom. The third kappa shape index (κ3) is 2.13. The molecule has 0 N–H and O–H groups in total. The van der Waals surface area contributed by atoms with Crippen LogP contribution in [0.25, 0.3) is 0 Å². The first-order valence-electron chi connectivity index (χ1n) is 5.36. The van der Waals surface area contributed by atoms with Gasteiger partial charge >= 0.3 is 0 Å². The van der Waals surface area contributed by atoms with Crippen LogP contribution in [0.2, 0.25) is 0 Å². The quantitative estimate of drug-likeness (QED) is 0.700. The molecule has 0 unspecified atom stereocenters. The second-order valence-electron chi connectivity index (χ2n) is 4.01. The number of ether oxygens (including phenoxy) is 3. The van der Waals surface area contributed by atoms with E-state index in [9.17, 15) is 0 Å². The van der Waals surface area contributed by atoms with E-state index in [1.165, 1.54) is 11.1 Å². The monoisotopic (exact) mass is 206 g/mol. The summed E-state index contributed by atoms with van der Waals surface area (Å²) >= 11 is 0. The lowest BCUT2D eigenvalue weighted by molar-refractivity contribution is 0.104. The molecule has 3 heteroatoms. The molecule has 2 aliphatic rings. The van der Waals surface area contributed by atoms with Gasteiger partial charge in [-0.25, -0.2) is 0 Å². The van der Waals surface area contributed by atoms with Crippen molar-refractivity contribution in [1.29, 1.82) is 0 Å². The van der Waals surface area contributed by atoms with Crippen LogP contribution in [-0.4, -0.2) is 25.9 Å². The first-order valence-corrected chi connectivity index (χ1v) is 5.36. The zero-order chi connectivity index (χ0) is 10.1. The number of rotatable bonds is 4. The SMILES string of the molecule is c1cc2c(cc1COC[C@@H]1CO1)CCO2. The Morgan fingerprint density at radius 1 is 1.40 bits per heavy atom. The lowest BCUT2D eigenvalue weighted by Crippen LogP contribution is -2.01. The van der Waals surface area contributed by atoms with E-state index >= 15 is 0 Å². The lowest BCUT2D eigenvalue weighted by atomic mass is 10.1. The lowest BCUT2D eigenvalue weighted by Gasteiger charge is -2.04. The number of epoxide rings is 1. The van der Waals surface area contributed by atoms with Gasteiger partial charge in [-0.05, 0) is 23.3 Å². The van der Waals surface area contributed by atoms with Crippen molar-refractivity contribution in [1.82, 2.24) is 0 Å². The summed E-state index contributed by atoms with van der Waals surface area (Å²) in [6, 6.07) is 6.28. The van der Waals surface area contributed by atoms with Gasteiger partial charge in [-0.1, -0.05) is 6.07 Å². The fraction of sp³-hybridized carbons (Fsp3) is 0.500. The number of hydrogen-bond acceptors (Lipinski definition) is 3. The van der Waals surface area contributed by atoms with Gasteiger partial charge in [-0.2, -0.15) is 0 Å². The summed E-state index contributed by atoms with van der Waals surface area (Å²) in [7, 11) is 0. The van der Waals surface area contributed by atoms with Gasteiger partial charge in [-0.3, -0.25) is 0 Å². The van der Waals surface area contributed by atoms with E-state index < -0.39 is 0 Å². The van der Waals surface area contributed by atoms with Crippen molar-refractivity contribution >= 4 is 0 Å². The summed E-state index contributed by atoms with van der Waals surface area (Å²) in [5.74, 6) is 1.03. The van der Waals surface area contributed by atoms with Gasteiger partial charge in [0.2, 0.25) is 0 Å². The van der Waals surface area contributed by atoms with E-state index in [0.717, 1.165) is 25.4 Å². The fourth-order valence-electron chi connectivity index (χ4n) is 1.80. The molecule has 0 radical (unpaired) electrons. The highest BCUT2D eigenvalue weighted by Crippen LogP contribution is 2.26. The van der Waals surface area contributed by atoms with Crippen LogP contribution in [0.3, 0.4) is 0 Å². The molecule has 15 heavy (non-hydrogen) atoms. The molecule has 0 amide bonds. The summed E-state index contributed by atoms with van der Waals surface area (Å²) in [5.41, 5.74) is 2.53. The Bertz CT molecular complexity index is 358. The maximum Gasteiger partial charge on any atom is 0.122 e. The summed E-state index contributed by atoms with van der Waals surface area (Å²) in [5, 5.41) is 0. The molecule has 2 heterocycles. The van der Waals surface area contributed by atoms with E-state index in [2.05, 4.69) is 12.1 Å². The average molecular weight is 206 g/mol. The van der Waals surface area contributed by atoms with Crippen molar-refractivity contribution in [2.45, 2.75) is 19.1 Å². The van der Waals surface area contributed by atoms with Crippen molar-refractivity contribution in [3.63, 3.8) is 0 Å².